The summed E-state index contributed by atoms with van der Waals surface area (Å²) >= 11 is 0. The van der Waals surface area contributed by atoms with E-state index in [0.717, 1.165) is 6.54 Å². The minimum absolute atomic E-state index is 0.00513. The zero-order valence-corrected chi connectivity index (χ0v) is 18.1. The summed E-state index contributed by atoms with van der Waals surface area (Å²) in [5, 5.41) is 20.0. The number of ether oxygens (including phenoxy) is 2. The number of β-amino-alcohol motifs (C(OH)–C–C–N with tert-alkyl or cyclic N) is 1. The largest absolute Gasteiger partial charge is 0.389 e. The van der Waals surface area contributed by atoms with Crippen molar-refractivity contribution in [3.8, 4) is 0 Å². The van der Waals surface area contributed by atoms with E-state index in [2.05, 4.69) is 15.8 Å². The van der Waals surface area contributed by atoms with Crippen molar-refractivity contribution in [1.82, 2.24) is 15.4 Å². The summed E-state index contributed by atoms with van der Waals surface area (Å²) in [6, 6.07) is -0.601. The fraction of sp³-hybridized carbons (Fsp3) is 0.762. The second-order valence-electron chi connectivity index (χ2n) is 8.87. The van der Waals surface area contributed by atoms with Gasteiger partial charge in [0.05, 0.1) is 44.4 Å². The van der Waals surface area contributed by atoms with Crippen LogP contribution in [0.4, 0.5) is 10.5 Å². The van der Waals surface area contributed by atoms with Gasteiger partial charge in [0, 0.05) is 6.54 Å². The first-order valence-electron chi connectivity index (χ1n) is 11.1. The first kappa shape index (κ1) is 22.0. The van der Waals surface area contributed by atoms with Crippen LogP contribution in [0.15, 0.2) is 4.52 Å². The van der Waals surface area contributed by atoms with Gasteiger partial charge in [0.2, 0.25) is 5.91 Å². The molecule has 3 fully saturated rings. The number of urea groups is 1. The third-order valence-corrected chi connectivity index (χ3v) is 6.21. The quantitative estimate of drug-likeness (QED) is 0.636. The zero-order valence-electron chi connectivity index (χ0n) is 18.1. The standard InChI is InChI=1S/C21H32N4O6/c1-12-20(13(2)31-24-12)23-21(28)25-9-15(26)10-29-11-18-17(25)6-5-16(30-18)7-19(27)22-8-14-3-4-14/h14-18,26H,3-11H2,1-2H3,(H,22,27)(H,23,28)/t15-,16-,17+,18-/m0/s1. The minimum Gasteiger partial charge on any atom is -0.389 e. The summed E-state index contributed by atoms with van der Waals surface area (Å²) < 4.78 is 16.9. The highest BCUT2D eigenvalue weighted by molar-refractivity contribution is 5.90. The third kappa shape index (κ3) is 5.55. The lowest BCUT2D eigenvalue weighted by Gasteiger charge is -2.44. The van der Waals surface area contributed by atoms with Crippen LogP contribution in [0.25, 0.3) is 0 Å². The predicted octanol–water partition coefficient (Wildman–Crippen LogP) is 1.35. The van der Waals surface area contributed by atoms with Crippen LogP contribution in [-0.2, 0) is 14.3 Å². The summed E-state index contributed by atoms with van der Waals surface area (Å²) in [7, 11) is 0. The molecule has 4 rings (SSSR count). The van der Waals surface area contributed by atoms with Crippen LogP contribution in [0.2, 0.25) is 0 Å². The molecular weight excluding hydrogens is 404 g/mol. The number of anilines is 1. The predicted molar refractivity (Wildman–Crippen MR) is 111 cm³/mol. The van der Waals surface area contributed by atoms with E-state index < -0.39 is 6.10 Å². The Kier molecular flexibility index (Phi) is 6.78. The lowest BCUT2D eigenvalue weighted by molar-refractivity contribution is -0.149. The fourth-order valence-electron chi connectivity index (χ4n) is 4.27. The lowest BCUT2D eigenvalue weighted by atomic mass is 9.95. The van der Waals surface area contributed by atoms with Gasteiger partial charge in [-0.1, -0.05) is 5.16 Å². The van der Waals surface area contributed by atoms with E-state index in [9.17, 15) is 14.7 Å². The Bertz CT molecular complexity index is 775. The number of nitrogens with one attached hydrogen (secondary N) is 2. The molecule has 1 aliphatic carbocycles. The molecule has 10 heteroatoms. The number of hydrogen-bond acceptors (Lipinski definition) is 7. The smallest absolute Gasteiger partial charge is 0.322 e. The second-order valence-corrected chi connectivity index (χ2v) is 8.87. The molecule has 0 bridgehead atoms. The van der Waals surface area contributed by atoms with Crippen LogP contribution in [0.5, 0.6) is 0 Å². The van der Waals surface area contributed by atoms with E-state index in [1.807, 2.05) is 0 Å². The number of aliphatic hydroxyl groups excluding tert-OH is 1. The van der Waals surface area contributed by atoms with Crippen LogP contribution in [0, 0.1) is 19.8 Å². The molecule has 1 saturated carbocycles. The summed E-state index contributed by atoms with van der Waals surface area (Å²) in [5.74, 6) is 1.16. The van der Waals surface area contributed by atoms with Crippen LogP contribution in [-0.4, -0.2) is 77.8 Å². The minimum atomic E-state index is -0.790. The van der Waals surface area contributed by atoms with Gasteiger partial charge in [0.25, 0.3) is 0 Å². The maximum atomic E-state index is 13.1. The first-order chi connectivity index (χ1) is 14.9. The van der Waals surface area contributed by atoms with Gasteiger partial charge in [-0.2, -0.15) is 0 Å². The molecule has 172 valence electrons. The lowest BCUT2D eigenvalue weighted by Crippen LogP contribution is -2.58. The number of amides is 3. The molecule has 3 amide bonds. The van der Waals surface area contributed by atoms with Gasteiger partial charge in [0.15, 0.2) is 5.76 Å². The monoisotopic (exact) mass is 436 g/mol. The molecule has 3 N–H and O–H groups in total. The van der Waals surface area contributed by atoms with E-state index in [4.69, 9.17) is 14.0 Å². The molecule has 10 nitrogen and oxygen atoms in total. The zero-order chi connectivity index (χ0) is 22.0. The molecule has 31 heavy (non-hydrogen) atoms. The highest BCUT2D eigenvalue weighted by atomic mass is 16.5. The van der Waals surface area contributed by atoms with Gasteiger partial charge in [-0.25, -0.2) is 4.79 Å². The number of nitrogens with zero attached hydrogens (tertiary/aromatic N) is 2. The fourth-order valence-corrected chi connectivity index (χ4v) is 4.27. The molecule has 3 heterocycles. The topological polar surface area (TPSA) is 126 Å². The maximum Gasteiger partial charge on any atom is 0.322 e. The molecule has 4 atom stereocenters. The van der Waals surface area contributed by atoms with Gasteiger partial charge >= 0.3 is 6.03 Å². The van der Waals surface area contributed by atoms with Crippen molar-refractivity contribution in [3.63, 3.8) is 0 Å². The highest BCUT2D eigenvalue weighted by Crippen LogP contribution is 2.30. The molecule has 2 saturated heterocycles. The summed E-state index contributed by atoms with van der Waals surface area (Å²) in [4.78, 5) is 27.0. The number of hydrogen-bond donors (Lipinski definition) is 3. The van der Waals surface area contributed by atoms with Gasteiger partial charge in [-0.3, -0.25) is 4.79 Å². The summed E-state index contributed by atoms with van der Waals surface area (Å²) in [6.07, 6.45) is 2.66. The number of rotatable bonds is 5. The molecular formula is C21H32N4O6. The Morgan fingerprint density at radius 3 is 2.71 bits per heavy atom. The molecule has 2 aliphatic heterocycles. The third-order valence-electron chi connectivity index (χ3n) is 6.21. The maximum absolute atomic E-state index is 13.1. The van der Waals surface area contributed by atoms with E-state index in [1.165, 1.54) is 12.8 Å². The molecule has 0 radical (unpaired) electrons. The van der Waals surface area contributed by atoms with E-state index in [0.29, 0.717) is 42.3 Å². The molecule has 1 aromatic rings. The number of aryl methyl sites for hydroxylation is 2. The van der Waals surface area contributed by atoms with E-state index in [-0.39, 0.29) is 49.9 Å². The average Bonchev–Trinajstić information content (AvgIpc) is 3.51. The van der Waals surface area contributed by atoms with Crippen molar-refractivity contribution in [2.45, 2.75) is 70.3 Å². The Hall–Kier alpha value is -2.17. The molecule has 0 spiro atoms. The van der Waals surface area contributed by atoms with Crippen molar-refractivity contribution in [1.29, 1.82) is 0 Å². The Morgan fingerprint density at radius 2 is 2.00 bits per heavy atom. The second kappa shape index (κ2) is 9.54. The molecule has 0 unspecified atom stereocenters. The molecule has 3 aliphatic rings. The van der Waals surface area contributed by atoms with Crippen molar-refractivity contribution >= 4 is 17.6 Å². The van der Waals surface area contributed by atoms with Crippen molar-refractivity contribution in [2.75, 3.05) is 31.6 Å². The summed E-state index contributed by atoms with van der Waals surface area (Å²) in [5.41, 5.74) is 1.13. The normalized spacial score (nSPS) is 28.9. The van der Waals surface area contributed by atoms with E-state index >= 15 is 0 Å². The van der Waals surface area contributed by atoms with Crippen molar-refractivity contribution < 1.29 is 28.7 Å². The van der Waals surface area contributed by atoms with Gasteiger partial charge in [0.1, 0.15) is 17.5 Å². The SMILES string of the molecule is Cc1noc(C)c1NC(=O)N1C[C@H](O)COC[C@@H]2O[C@H](CC(=O)NCC3CC3)CC[C@H]21. The highest BCUT2D eigenvalue weighted by Gasteiger charge is 2.40. The number of aliphatic hydroxyl groups is 1. The summed E-state index contributed by atoms with van der Waals surface area (Å²) in [6.45, 7) is 4.75. The number of carbonyl (C=O) groups is 2. The number of carbonyl (C=O) groups excluding carboxylic acids is 2. The Morgan fingerprint density at radius 1 is 1.19 bits per heavy atom. The molecule has 1 aromatic heterocycles. The van der Waals surface area contributed by atoms with Crippen LogP contribution >= 0.6 is 0 Å². The van der Waals surface area contributed by atoms with Gasteiger partial charge in [-0.05, 0) is 45.4 Å². The Balaban J connectivity index is 1.40. The number of aromatic nitrogens is 1. The van der Waals surface area contributed by atoms with Crippen LogP contribution in [0.3, 0.4) is 0 Å². The Labute approximate surface area is 181 Å². The average molecular weight is 437 g/mol. The van der Waals surface area contributed by atoms with Gasteiger partial charge < -0.3 is 34.6 Å². The number of fused-ring (bicyclic) bond motifs is 1. The van der Waals surface area contributed by atoms with Crippen molar-refractivity contribution in [2.24, 2.45) is 5.92 Å². The van der Waals surface area contributed by atoms with Crippen LogP contribution in [0.1, 0.15) is 43.6 Å². The van der Waals surface area contributed by atoms with Crippen LogP contribution < -0.4 is 10.6 Å². The van der Waals surface area contributed by atoms with Crippen molar-refractivity contribution in [3.05, 3.63) is 11.5 Å². The molecule has 0 aromatic carbocycles. The van der Waals surface area contributed by atoms with Gasteiger partial charge in [-0.15, -0.1) is 0 Å². The first-order valence-corrected chi connectivity index (χ1v) is 11.1. The van der Waals surface area contributed by atoms with E-state index in [1.54, 1.807) is 18.7 Å².